The number of hydrogen-bond donors (Lipinski definition) is 1. The highest BCUT2D eigenvalue weighted by molar-refractivity contribution is 5.69. The van der Waals surface area contributed by atoms with E-state index in [1.165, 1.54) is 24.0 Å². The number of hydrogen-bond acceptors (Lipinski definition) is 3. The number of benzene rings is 1. The monoisotopic (exact) mass is 275 g/mol. The second-order valence-corrected chi connectivity index (χ2v) is 5.78. The van der Waals surface area contributed by atoms with E-state index in [4.69, 9.17) is 9.84 Å². The number of ether oxygens (including phenoxy) is 1. The van der Waals surface area contributed by atoms with E-state index in [2.05, 4.69) is 17.0 Å². The number of nitrogens with zero attached hydrogens (tertiary/aromatic N) is 1. The molecule has 20 heavy (non-hydrogen) atoms. The Hall–Kier alpha value is -1.55. The maximum atomic E-state index is 11.1. The highest BCUT2D eigenvalue weighted by Gasteiger charge is 2.24. The van der Waals surface area contributed by atoms with Gasteiger partial charge in [-0.05, 0) is 30.0 Å². The summed E-state index contributed by atoms with van der Waals surface area (Å²) in [5.41, 5.74) is 2.45. The third kappa shape index (κ3) is 2.96. The molecule has 0 atom stereocenters. The molecule has 2 aliphatic rings. The average molecular weight is 275 g/mol. The summed E-state index contributed by atoms with van der Waals surface area (Å²) in [6, 6.07) is 6.68. The van der Waals surface area contributed by atoms with E-state index >= 15 is 0 Å². The minimum atomic E-state index is -0.735. The van der Waals surface area contributed by atoms with Crippen molar-refractivity contribution in [1.82, 2.24) is 4.90 Å². The molecule has 0 amide bonds. The molecule has 3 rings (SSSR count). The van der Waals surface area contributed by atoms with Crippen LogP contribution >= 0.6 is 0 Å². The van der Waals surface area contributed by atoms with Gasteiger partial charge in [0.05, 0.1) is 13.2 Å². The van der Waals surface area contributed by atoms with Crippen LogP contribution in [-0.2, 0) is 17.8 Å². The fraction of sp³-hybridized carbons (Fsp3) is 0.562. The minimum Gasteiger partial charge on any atom is -0.493 e. The first-order valence-electron chi connectivity index (χ1n) is 7.43. The molecule has 1 aliphatic carbocycles. The van der Waals surface area contributed by atoms with E-state index in [-0.39, 0.29) is 6.54 Å². The second-order valence-electron chi connectivity index (χ2n) is 5.78. The number of rotatable bonds is 5. The molecule has 1 fully saturated rings. The van der Waals surface area contributed by atoms with Gasteiger partial charge in [0.15, 0.2) is 0 Å². The first-order chi connectivity index (χ1) is 9.72. The zero-order valence-electron chi connectivity index (χ0n) is 11.7. The van der Waals surface area contributed by atoms with Gasteiger partial charge in [0.1, 0.15) is 5.75 Å². The van der Waals surface area contributed by atoms with Gasteiger partial charge in [-0.1, -0.05) is 25.0 Å². The molecule has 4 heteroatoms. The van der Waals surface area contributed by atoms with Gasteiger partial charge < -0.3 is 9.84 Å². The maximum Gasteiger partial charge on any atom is 0.317 e. The Morgan fingerprint density at radius 3 is 2.90 bits per heavy atom. The molecule has 108 valence electrons. The lowest BCUT2D eigenvalue weighted by Crippen LogP contribution is -2.37. The smallest absolute Gasteiger partial charge is 0.317 e. The Kier molecular flexibility index (Phi) is 3.92. The summed E-state index contributed by atoms with van der Waals surface area (Å²) in [6.45, 7) is 1.63. The molecule has 0 aromatic heterocycles. The van der Waals surface area contributed by atoms with Gasteiger partial charge in [0.2, 0.25) is 0 Å². The summed E-state index contributed by atoms with van der Waals surface area (Å²) in [5.74, 6) is 0.251. The van der Waals surface area contributed by atoms with Gasteiger partial charge in [-0.2, -0.15) is 0 Å². The zero-order valence-corrected chi connectivity index (χ0v) is 11.7. The number of aliphatic carboxylic acids is 1. The summed E-state index contributed by atoms with van der Waals surface area (Å²) in [5, 5.41) is 9.12. The lowest BCUT2D eigenvalue weighted by atomic mass is 10.1. The number of fused-ring (bicyclic) bond motifs is 1. The first-order valence-corrected chi connectivity index (χ1v) is 7.43. The van der Waals surface area contributed by atoms with Crippen LogP contribution in [0, 0.1) is 0 Å². The molecule has 0 spiro atoms. The Balaban J connectivity index is 1.73. The van der Waals surface area contributed by atoms with E-state index in [0.717, 1.165) is 38.2 Å². The molecule has 1 aromatic rings. The lowest BCUT2D eigenvalue weighted by molar-refractivity contribution is -0.139. The van der Waals surface area contributed by atoms with Crippen molar-refractivity contribution in [1.29, 1.82) is 0 Å². The van der Waals surface area contributed by atoms with Crippen LogP contribution in [-0.4, -0.2) is 35.2 Å². The molecule has 1 heterocycles. The van der Waals surface area contributed by atoms with E-state index < -0.39 is 5.97 Å². The zero-order chi connectivity index (χ0) is 13.9. The van der Waals surface area contributed by atoms with Gasteiger partial charge in [-0.25, -0.2) is 0 Å². The first kappa shape index (κ1) is 13.4. The minimum absolute atomic E-state index is 0.137. The van der Waals surface area contributed by atoms with Crippen LogP contribution in [0.2, 0.25) is 0 Å². The third-order valence-electron chi connectivity index (χ3n) is 4.32. The Morgan fingerprint density at radius 2 is 2.15 bits per heavy atom. The summed E-state index contributed by atoms with van der Waals surface area (Å²) in [7, 11) is 0. The average Bonchev–Trinajstić information content (AvgIpc) is 3.08. The summed E-state index contributed by atoms with van der Waals surface area (Å²) in [6.07, 6.45) is 5.66. The van der Waals surface area contributed by atoms with Gasteiger partial charge >= 0.3 is 5.97 Å². The van der Waals surface area contributed by atoms with Crippen LogP contribution in [0.5, 0.6) is 5.75 Å². The molecule has 1 N–H and O–H groups in total. The predicted octanol–water partition coefficient (Wildman–Crippen LogP) is 2.45. The Labute approximate surface area is 119 Å². The lowest BCUT2D eigenvalue weighted by Gasteiger charge is -2.27. The van der Waals surface area contributed by atoms with Crippen molar-refractivity contribution in [3.8, 4) is 5.75 Å². The molecule has 0 radical (unpaired) electrons. The van der Waals surface area contributed by atoms with Crippen LogP contribution in [0.1, 0.15) is 36.8 Å². The summed E-state index contributed by atoms with van der Waals surface area (Å²) < 4.78 is 5.52. The Bertz CT molecular complexity index is 494. The molecule has 0 bridgehead atoms. The van der Waals surface area contributed by atoms with Crippen LogP contribution in [0.15, 0.2) is 18.2 Å². The summed E-state index contributed by atoms with van der Waals surface area (Å²) in [4.78, 5) is 13.2. The standard InChI is InChI=1S/C16H21NO3/c18-16(19)11-17(14-3-1-2-4-14)10-12-5-6-15-13(9-12)7-8-20-15/h5-6,9,14H,1-4,7-8,10-11H2,(H,18,19). The molecule has 1 aromatic carbocycles. The predicted molar refractivity (Wildman–Crippen MR) is 75.9 cm³/mol. The topological polar surface area (TPSA) is 49.8 Å². The summed E-state index contributed by atoms with van der Waals surface area (Å²) >= 11 is 0. The number of carbonyl (C=O) groups is 1. The Morgan fingerprint density at radius 1 is 1.35 bits per heavy atom. The van der Waals surface area contributed by atoms with Crippen molar-refractivity contribution >= 4 is 5.97 Å². The SMILES string of the molecule is O=C(O)CN(Cc1ccc2c(c1)CCO2)C1CCCC1. The van der Waals surface area contributed by atoms with Crippen molar-refractivity contribution in [2.45, 2.75) is 44.7 Å². The van der Waals surface area contributed by atoms with Crippen molar-refractivity contribution in [3.63, 3.8) is 0 Å². The van der Waals surface area contributed by atoms with Gasteiger partial charge in [0.25, 0.3) is 0 Å². The van der Waals surface area contributed by atoms with E-state index in [1.54, 1.807) is 0 Å². The molecular formula is C16H21NO3. The highest BCUT2D eigenvalue weighted by Crippen LogP contribution is 2.28. The molecule has 0 unspecified atom stereocenters. The molecular weight excluding hydrogens is 254 g/mol. The third-order valence-corrected chi connectivity index (χ3v) is 4.32. The molecule has 1 aliphatic heterocycles. The normalized spacial score (nSPS) is 18.2. The molecule has 0 saturated heterocycles. The fourth-order valence-electron chi connectivity index (χ4n) is 3.33. The van der Waals surface area contributed by atoms with Crippen LogP contribution in [0.25, 0.3) is 0 Å². The van der Waals surface area contributed by atoms with E-state index in [0.29, 0.717) is 6.04 Å². The fourth-order valence-corrected chi connectivity index (χ4v) is 3.33. The van der Waals surface area contributed by atoms with Crippen LogP contribution in [0.3, 0.4) is 0 Å². The number of carboxylic acid groups (broad SMARTS) is 1. The van der Waals surface area contributed by atoms with Gasteiger partial charge in [-0.15, -0.1) is 0 Å². The highest BCUT2D eigenvalue weighted by atomic mass is 16.5. The van der Waals surface area contributed by atoms with Crippen LogP contribution < -0.4 is 4.74 Å². The maximum absolute atomic E-state index is 11.1. The van der Waals surface area contributed by atoms with Crippen molar-refractivity contribution in [3.05, 3.63) is 29.3 Å². The van der Waals surface area contributed by atoms with E-state index in [1.807, 2.05) is 6.07 Å². The van der Waals surface area contributed by atoms with Gasteiger partial charge in [0, 0.05) is 19.0 Å². The molecule has 1 saturated carbocycles. The van der Waals surface area contributed by atoms with Crippen molar-refractivity contribution < 1.29 is 14.6 Å². The van der Waals surface area contributed by atoms with Crippen molar-refractivity contribution in [2.75, 3.05) is 13.2 Å². The van der Waals surface area contributed by atoms with Crippen molar-refractivity contribution in [2.24, 2.45) is 0 Å². The van der Waals surface area contributed by atoms with E-state index in [9.17, 15) is 4.79 Å². The number of carboxylic acids is 1. The molecule has 4 nitrogen and oxygen atoms in total. The van der Waals surface area contributed by atoms with Gasteiger partial charge in [-0.3, -0.25) is 9.69 Å². The van der Waals surface area contributed by atoms with Crippen LogP contribution in [0.4, 0.5) is 0 Å². The second kappa shape index (κ2) is 5.83. The largest absolute Gasteiger partial charge is 0.493 e. The quantitative estimate of drug-likeness (QED) is 0.896.